The van der Waals surface area contributed by atoms with Crippen LogP contribution in [-0.4, -0.2) is 19.9 Å². The van der Waals surface area contributed by atoms with Crippen molar-refractivity contribution in [3.8, 4) is 11.5 Å². The van der Waals surface area contributed by atoms with Gasteiger partial charge >= 0.3 is 0 Å². The van der Waals surface area contributed by atoms with Gasteiger partial charge in [-0.2, -0.15) is 0 Å². The standard InChI is InChI=1S/C12H14FNO2/c13-12(3-5-14-6-4-12)9-1-2-10-11(7-9)16-8-15-10/h1-2,7,14H,3-6,8H2. The van der Waals surface area contributed by atoms with E-state index in [4.69, 9.17) is 9.47 Å². The van der Waals surface area contributed by atoms with Crippen molar-refractivity contribution < 1.29 is 13.9 Å². The number of halogens is 1. The van der Waals surface area contributed by atoms with Crippen LogP contribution in [0.15, 0.2) is 18.2 Å². The van der Waals surface area contributed by atoms with Gasteiger partial charge in [-0.05, 0) is 43.6 Å². The van der Waals surface area contributed by atoms with Crippen molar-refractivity contribution >= 4 is 0 Å². The van der Waals surface area contributed by atoms with E-state index >= 15 is 0 Å². The van der Waals surface area contributed by atoms with E-state index in [1.807, 2.05) is 0 Å². The predicted molar refractivity (Wildman–Crippen MR) is 57.5 cm³/mol. The number of nitrogens with one attached hydrogen (secondary N) is 1. The summed E-state index contributed by atoms with van der Waals surface area (Å²) in [6, 6.07) is 5.37. The highest BCUT2D eigenvalue weighted by Gasteiger charge is 2.34. The average Bonchev–Trinajstić information content (AvgIpc) is 2.77. The summed E-state index contributed by atoms with van der Waals surface area (Å²) in [6.45, 7) is 1.69. The van der Waals surface area contributed by atoms with E-state index in [0.717, 1.165) is 13.1 Å². The Kier molecular flexibility index (Phi) is 2.24. The SMILES string of the molecule is FC1(c2ccc3c(c2)OCO3)CCNCC1. The minimum Gasteiger partial charge on any atom is -0.454 e. The number of hydrogen-bond acceptors (Lipinski definition) is 3. The van der Waals surface area contributed by atoms with Crippen molar-refractivity contribution in [2.75, 3.05) is 19.9 Å². The van der Waals surface area contributed by atoms with Crippen LogP contribution in [-0.2, 0) is 5.67 Å². The van der Waals surface area contributed by atoms with Crippen LogP contribution in [0.1, 0.15) is 18.4 Å². The van der Waals surface area contributed by atoms with E-state index in [2.05, 4.69) is 5.32 Å². The zero-order chi connectivity index (χ0) is 11.0. The second-order valence-electron chi connectivity index (χ2n) is 4.28. The van der Waals surface area contributed by atoms with E-state index in [1.54, 1.807) is 18.2 Å². The number of alkyl halides is 1. The lowest BCUT2D eigenvalue weighted by Crippen LogP contribution is -2.36. The highest BCUT2D eigenvalue weighted by molar-refractivity contribution is 5.46. The maximum Gasteiger partial charge on any atom is 0.231 e. The summed E-state index contributed by atoms with van der Waals surface area (Å²) in [7, 11) is 0. The van der Waals surface area contributed by atoms with Crippen LogP contribution in [0.25, 0.3) is 0 Å². The molecular weight excluding hydrogens is 209 g/mol. The van der Waals surface area contributed by atoms with Crippen LogP contribution >= 0.6 is 0 Å². The molecule has 1 aromatic rings. The fraction of sp³-hybridized carbons (Fsp3) is 0.500. The Labute approximate surface area is 93.6 Å². The molecule has 2 aliphatic heterocycles. The summed E-state index contributed by atoms with van der Waals surface area (Å²) in [5.74, 6) is 1.37. The lowest BCUT2D eigenvalue weighted by atomic mass is 9.87. The number of ether oxygens (including phenoxy) is 2. The van der Waals surface area contributed by atoms with Crippen molar-refractivity contribution in [2.45, 2.75) is 18.5 Å². The van der Waals surface area contributed by atoms with Gasteiger partial charge in [-0.15, -0.1) is 0 Å². The lowest BCUT2D eigenvalue weighted by Gasteiger charge is -2.30. The Morgan fingerprint density at radius 3 is 2.69 bits per heavy atom. The molecule has 2 heterocycles. The molecule has 0 bridgehead atoms. The first-order valence-electron chi connectivity index (χ1n) is 5.58. The zero-order valence-corrected chi connectivity index (χ0v) is 8.96. The molecule has 1 N–H and O–H groups in total. The van der Waals surface area contributed by atoms with Crippen LogP contribution in [0.2, 0.25) is 0 Å². The fourth-order valence-electron chi connectivity index (χ4n) is 2.29. The molecule has 0 spiro atoms. The molecule has 1 aromatic carbocycles. The van der Waals surface area contributed by atoms with Crippen LogP contribution < -0.4 is 14.8 Å². The minimum atomic E-state index is -1.22. The number of piperidine rings is 1. The Bertz CT molecular complexity index is 402. The molecule has 0 aliphatic carbocycles. The van der Waals surface area contributed by atoms with Crippen LogP contribution in [0, 0.1) is 0 Å². The largest absolute Gasteiger partial charge is 0.454 e. The van der Waals surface area contributed by atoms with Gasteiger partial charge in [0.25, 0.3) is 0 Å². The second-order valence-corrected chi connectivity index (χ2v) is 4.28. The monoisotopic (exact) mass is 223 g/mol. The average molecular weight is 223 g/mol. The van der Waals surface area contributed by atoms with Gasteiger partial charge in [-0.3, -0.25) is 0 Å². The van der Waals surface area contributed by atoms with Crippen molar-refractivity contribution in [3.05, 3.63) is 23.8 Å². The van der Waals surface area contributed by atoms with Gasteiger partial charge in [0.15, 0.2) is 11.5 Å². The first kappa shape index (κ1) is 9.90. The maximum atomic E-state index is 14.6. The third kappa shape index (κ3) is 1.53. The molecule has 1 saturated heterocycles. The molecule has 3 rings (SSSR count). The fourth-order valence-corrected chi connectivity index (χ4v) is 2.29. The van der Waals surface area contributed by atoms with E-state index in [9.17, 15) is 4.39 Å². The molecule has 86 valence electrons. The van der Waals surface area contributed by atoms with Gasteiger partial charge < -0.3 is 14.8 Å². The quantitative estimate of drug-likeness (QED) is 0.789. The Balaban J connectivity index is 1.93. The van der Waals surface area contributed by atoms with Crippen LogP contribution in [0.5, 0.6) is 11.5 Å². The summed E-state index contributed by atoms with van der Waals surface area (Å²) < 4.78 is 25.1. The molecule has 3 nitrogen and oxygen atoms in total. The molecule has 16 heavy (non-hydrogen) atoms. The van der Waals surface area contributed by atoms with Crippen molar-refractivity contribution in [1.29, 1.82) is 0 Å². The summed E-state index contributed by atoms with van der Waals surface area (Å²) >= 11 is 0. The van der Waals surface area contributed by atoms with E-state index in [1.165, 1.54) is 0 Å². The van der Waals surface area contributed by atoms with Crippen molar-refractivity contribution in [2.24, 2.45) is 0 Å². The van der Waals surface area contributed by atoms with Gasteiger partial charge in [0, 0.05) is 0 Å². The van der Waals surface area contributed by atoms with Crippen LogP contribution in [0.4, 0.5) is 4.39 Å². The molecule has 0 unspecified atom stereocenters. The summed E-state index contributed by atoms with van der Waals surface area (Å²) in [4.78, 5) is 0. The topological polar surface area (TPSA) is 30.5 Å². The van der Waals surface area contributed by atoms with Gasteiger partial charge in [-0.25, -0.2) is 4.39 Å². The molecule has 4 heteroatoms. The van der Waals surface area contributed by atoms with Gasteiger partial charge in [-0.1, -0.05) is 6.07 Å². The van der Waals surface area contributed by atoms with E-state index < -0.39 is 5.67 Å². The zero-order valence-electron chi connectivity index (χ0n) is 8.96. The van der Waals surface area contributed by atoms with Gasteiger partial charge in [0.2, 0.25) is 6.79 Å². The molecule has 2 aliphatic rings. The molecule has 0 aromatic heterocycles. The van der Waals surface area contributed by atoms with Crippen LogP contribution in [0.3, 0.4) is 0 Å². The molecule has 0 saturated carbocycles. The highest BCUT2D eigenvalue weighted by atomic mass is 19.1. The Morgan fingerprint density at radius 1 is 1.12 bits per heavy atom. The predicted octanol–water partition coefficient (Wildman–Crippen LogP) is 1.96. The minimum absolute atomic E-state index is 0.236. The van der Waals surface area contributed by atoms with Crippen molar-refractivity contribution in [3.63, 3.8) is 0 Å². The maximum absolute atomic E-state index is 14.6. The van der Waals surface area contributed by atoms with E-state index in [-0.39, 0.29) is 6.79 Å². The smallest absolute Gasteiger partial charge is 0.231 e. The molecule has 0 amide bonds. The number of rotatable bonds is 1. The molecule has 1 fully saturated rings. The first-order valence-corrected chi connectivity index (χ1v) is 5.58. The summed E-state index contributed by atoms with van der Waals surface area (Å²) in [5, 5.41) is 3.17. The van der Waals surface area contributed by atoms with Crippen molar-refractivity contribution in [1.82, 2.24) is 5.32 Å². The van der Waals surface area contributed by atoms with Gasteiger partial charge in [0.1, 0.15) is 5.67 Å². The third-order valence-corrected chi connectivity index (χ3v) is 3.29. The third-order valence-electron chi connectivity index (χ3n) is 3.29. The Morgan fingerprint density at radius 2 is 1.88 bits per heavy atom. The molecular formula is C12H14FNO2. The van der Waals surface area contributed by atoms with Gasteiger partial charge in [0.05, 0.1) is 0 Å². The number of hydrogen-bond donors (Lipinski definition) is 1. The number of fused-ring (bicyclic) bond motifs is 1. The summed E-state index contributed by atoms with van der Waals surface area (Å²) in [5.41, 5.74) is -0.509. The Hall–Kier alpha value is -1.29. The lowest BCUT2D eigenvalue weighted by molar-refractivity contribution is 0.115. The highest BCUT2D eigenvalue weighted by Crippen LogP contribution is 2.40. The second kappa shape index (κ2) is 3.63. The first-order chi connectivity index (χ1) is 7.78. The van der Waals surface area contributed by atoms with E-state index in [0.29, 0.717) is 29.9 Å². The molecule has 0 radical (unpaired) electrons. The summed E-state index contributed by atoms with van der Waals surface area (Å²) in [6.07, 6.45) is 1.04. The normalized spacial score (nSPS) is 22.1. The molecule has 0 atom stereocenters. The number of benzene rings is 1.